The Labute approximate surface area is 359 Å². The van der Waals surface area contributed by atoms with E-state index in [1.807, 2.05) is 81.2 Å². The topological polar surface area (TPSA) is 175 Å². The lowest BCUT2D eigenvalue weighted by Crippen LogP contribution is -2.52. The molecular weight excluding hydrogens is 787 g/mol. The van der Waals surface area contributed by atoms with Gasteiger partial charge in [0.25, 0.3) is 5.91 Å². The summed E-state index contributed by atoms with van der Waals surface area (Å²) in [6, 6.07) is 23.0. The smallest absolute Gasteiger partial charge is 0.320 e. The molecule has 1 unspecified atom stereocenters. The van der Waals surface area contributed by atoms with Crippen LogP contribution in [0.3, 0.4) is 0 Å². The normalized spacial score (nSPS) is 20.5. The number of fused-ring (bicyclic) bond motifs is 2. The van der Waals surface area contributed by atoms with Crippen molar-refractivity contribution in [3.63, 3.8) is 0 Å². The van der Waals surface area contributed by atoms with Gasteiger partial charge < -0.3 is 30.1 Å². The van der Waals surface area contributed by atoms with Gasteiger partial charge in [-0.25, -0.2) is 19.4 Å². The van der Waals surface area contributed by atoms with Crippen molar-refractivity contribution in [2.75, 3.05) is 69.5 Å². The highest BCUT2D eigenvalue weighted by Gasteiger charge is 2.39. The number of para-hydroxylation sites is 1. The van der Waals surface area contributed by atoms with E-state index in [1.165, 1.54) is 6.33 Å². The number of hydrogen-bond donors (Lipinski definition) is 2. The minimum absolute atomic E-state index is 0.0683. The van der Waals surface area contributed by atoms with Gasteiger partial charge in [-0.3, -0.25) is 24.6 Å². The number of urea groups is 1. The zero-order valence-corrected chi connectivity index (χ0v) is 34.7. The number of likely N-dealkylation sites (tertiary alicyclic amines) is 2. The Balaban J connectivity index is 0.692. The first-order valence-electron chi connectivity index (χ1n) is 21.9. The van der Waals surface area contributed by atoms with Crippen LogP contribution in [0.25, 0.3) is 22.3 Å². The Hall–Kier alpha value is -6.55. The number of carbonyl (C=O) groups is 4. The number of carbonyl (C=O) groups excluding carboxylic acids is 4. The number of aromatic nitrogens is 4. The molecule has 3 aromatic carbocycles. The van der Waals surface area contributed by atoms with Crippen molar-refractivity contribution in [2.45, 2.75) is 57.2 Å². The van der Waals surface area contributed by atoms with Crippen LogP contribution in [0.5, 0.6) is 11.5 Å². The second kappa shape index (κ2) is 16.7. The van der Waals surface area contributed by atoms with Crippen molar-refractivity contribution in [1.82, 2.24) is 44.7 Å². The molecule has 4 fully saturated rings. The van der Waals surface area contributed by atoms with Crippen LogP contribution in [0.2, 0.25) is 0 Å². The Morgan fingerprint density at radius 1 is 0.790 bits per heavy atom. The third-order valence-electron chi connectivity index (χ3n) is 13.4. The molecule has 62 heavy (non-hydrogen) atoms. The quantitative estimate of drug-likeness (QED) is 0.203. The van der Waals surface area contributed by atoms with Gasteiger partial charge in [0, 0.05) is 88.7 Å². The highest BCUT2D eigenvalue weighted by Crippen LogP contribution is 2.36. The van der Waals surface area contributed by atoms with Gasteiger partial charge in [0.05, 0.1) is 11.4 Å². The van der Waals surface area contributed by atoms with Gasteiger partial charge >= 0.3 is 6.03 Å². The Morgan fingerprint density at radius 3 is 2.23 bits per heavy atom. The molecule has 16 heteroatoms. The third kappa shape index (κ3) is 7.78. The van der Waals surface area contributed by atoms with Gasteiger partial charge in [0.15, 0.2) is 5.65 Å². The second-order valence-corrected chi connectivity index (χ2v) is 17.2. The number of nitrogens with zero attached hydrogens (tertiary/aromatic N) is 9. The molecule has 16 nitrogen and oxygen atoms in total. The fraction of sp³-hybridized carbons (Fsp3) is 0.413. The van der Waals surface area contributed by atoms with Crippen molar-refractivity contribution < 1.29 is 23.9 Å². The van der Waals surface area contributed by atoms with Crippen LogP contribution in [-0.2, 0) is 16.1 Å². The lowest BCUT2D eigenvalue weighted by molar-refractivity contribution is -0.136. The number of hydrogen-bond acceptors (Lipinski definition) is 11. The molecule has 2 aromatic heterocycles. The van der Waals surface area contributed by atoms with E-state index in [4.69, 9.17) is 15.6 Å². The maximum atomic E-state index is 13.8. The van der Waals surface area contributed by atoms with E-state index >= 15 is 0 Å². The lowest BCUT2D eigenvalue weighted by Gasteiger charge is -2.41. The molecule has 0 spiro atoms. The molecule has 5 aromatic rings. The minimum Gasteiger partial charge on any atom is -0.457 e. The van der Waals surface area contributed by atoms with Gasteiger partial charge in [0.2, 0.25) is 11.8 Å². The van der Waals surface area contributed by atoms with Gasteiger partial charge in [-0.2, -0.15) is 5.10 Å². The van der Waals surface area contributed by atoms with Crippen molar-refractivity contribution in [3.05, 3.63) is 90.3 Å². The Morgan fingerprint density at radius 2 is 1.50 bits per heavy atom. The molecule has 0 radical (unpaired) electrons. The minimum atomic E-state index is -0.609. The predicted molar refractivity (Wildman–Crippen MR) is 232 cm³/mol. The number of ether oxygens (including phenoxy) is 1. The molecule has 5 amide bonds. The number of imide groups is 1. The number of rotatable bonds is 8. The fourth-order valence-electron chi connectivity index (χ4n) is 9.88. The number of piperazine rings is 1. The summed E-state index contributed by atoms with van der Waals surface area (Å²) in [5.74, 6) is 1.61. The van der Waals surface area contributed by atoms with Crippen LogP contribution < -0.4 is 20.7 Å². The summed E-state index contributed by atoms with van der Waals surface area (Å²) < 4.78 is 7.98. The summed E-state index contributed by atoms with van der Waals surface area (Å²) in [5.41, 5.74) is 11.4. The maximum absolute atomic E-state index is 13.8. The maximum Gasteiger partial charge on any atom is 0.320 e. The molecule has 0 bridgehead atoms. The summed E-state index contributed by atoms with van der Waals surface area (Å²) in [5, 5.41) is 8.18. The average Bonchev–Trinajstić information content (AvgIpc) is 3.85. The van der Waals surface area contributed by atoms with Gasteiger partial charge in [0.1, 0.15) is 35.4 Å². The van der Waals surface area contributed by atoms with E-state index in [-0.39, 0.29) is 36.2 Å². The number of piperidine rings is 3. The fourth-order valence-corrected chi connectivity index (χ4v) is 9.88. The third-order valence-corrected chi connectivity index (χ3v) is 13.4. The van der Waals surface area contributed by atoms with Crippen molar-refractivity contribution >= 4 is 46.3 Å². The van der Waals surface area contributed by atoms with Crippen LogP contribution >= 0.6 is 0 Å². The van der Waals surface area contributed by atoms with E-state index in [2.05, 4.69) is 31.2 Å². The molecular formula is C46H51N11O5. The summed E-state index contributed by atoms with van der Waals surface area (Å²) in [7, 11) is 0. The van der Waals surface area contributed by atoms with Crippen LogP contribution in [0.4, 0.5) is 16.3 Å². The van der Waals surface area contributed by atoms with Crippen molar-refractivity contribution in [1.29, 1.82) is 0 Å². The van der Waals surface area contributed by atoms with Crippen molar-refractivity contribution in [3.8, 4) is 22.8 Å². The number of nitrogen functional groups attached to an aromatic ring is 1. The molecule has 320 valence electrons. The molecule has 4 saturated heterocycles. The van der Waals surface area contributed by atoms with Gasteiger partial charge in [-0.15, -0.1) is 0 Å². The predicted octanol–water partition coefficient (Wildman–Crippen LogP) is 4.92. The first-order chi connectivity index (χ1) is 30.3. The summed E-state index contributed by atoms with van der Waals surface area (Å²) in [4.78, 5) is 70.6. The van der Waals surface area contributed by atoms with Gasteiger partial charge in [-0.05, 0) is 98.2 Å². The molecule has 3 N–H and O–H groups in total. The molecule has 10 rings (SSSR count). The van der Waals surface area contributed by atoms with E-state index in [0.717, 1.165) is 111 Å². The van der Waals surface area contributed by atoms with Crippen molar-refractivity contribution in [2.24, 2.45) is 5.92 Å². The zero-order chi connectivity index (χ0) is 42.3. The van der Waals surface area contributed by atoms with E-state index in [9.17, 15) is 19.2 Å². The number of nitrogens with one attached hydrogen (secondary N) is 1. The lowest BCUT2D eigenvalue weighted by atomic mass is 9.96. The van der Waals surface area contributed by atoms with Crippen LogP contribution in [0.1, 0.15) is 60.5 Å². The van der Waals surface area contributed by atoms with E-state index in [1.54, 1.807) is 4.90 Å². The molecule has 1 atom stereocenters. The van der Waals surface area contributed by atoms with Crippen LogP contribution in [0, 0.1) is 5.92 Å². The summed E-state index contributed by atoms with van der Waals surface area (Å²) in [6.07, 6.45) is 5.61. The molecule has 5 aliphatic rings. The van der Waals surface area contributed by atoms with Gasteiger partial charge in [-0.1, -0.05) is 18.2 Å². The first-order valence-corrected chi connectivity index (χ1v) is 21.9. The van der Waals surface area contributed by atoms with E-state index < -0.39 is 6.04 Å². The standard InChI is InChI=1S/C46H51N11O5/c47-42-40-41(31-6-9-36(10-7-31)62-35-4-2-1-3-5-35)51-57(43(40)49-29-48-42)33-16-20-55(21-17-33)46(61)54-18-14-30(15-19-54)27-52-22-24-53(25-23-52)34-8-11-37-32(26-34)28-56(45(37)60)38-12-13-39(58)50-44(38)59/h1-11,26,29-30,33,38H,12-25,27-28H2,(H2,47,48,49)(H,50,58,59). The highest BCUT2D eigenvalue weighted by molar-refractivity contribution is 6.05. The monoisotopic (exact) mass is 837 g/mol. The van der Waals surface area contributed by atoms with E-state index in [0.29, 0.717) is 49.0 Å². The van der Waals surface area contributed by atoms with Crippen LogP contribution in [-0.4, -0.2) is 128 Å². The molecule has 7 heterocycles. The summed E-state index contributed by atoms with van der Waals surface area (Å²) in [6.45, 7) is 7.94. The Bertz CT molecular complexity index is 2490. The average molecular weight is 838 g/mol. The highest BCUT2D eigenvalue weighted by atomic mass is 16.5. The number of amides is 5. The largest absolute Gasteiger partial charge is 0.457 e. The Kier molecular flexibility index (Phi) is 10.7. The molecule has 5 aliphatic heterocycles. The van der Waals surface area contributed by atoms with Crippen LogP contribution in [0.15, 0.2) is 79.1 Å². The number of nitrogens with two attached hydrogens (primary N) is 1. The zero-order valence-electron chi connectivity index (χ0n) is 34.7. The first kappa shape index (κ1) is 39.6. The molecule has 0 saturated carbocycles. The SMILES string of the molecule is Nc1ncnc2c1c(-c1ccc(Oc3ccccc3)cc1)nn2C1CCN(C(=O)N2CCC(CN3CCN(c4ccc5c(c4)CN(C4CCC(=O)NC4=O)C5=O)CC3)CC2)CC1. The second-order valence-electron chi connectivity index (χ2n) is 17.2. The molecule has 0 aliphatic carbocycles. The number of benzene rings is 3. The number of anilines is 2. The summed E-state index contributed by atoms with van der Waals surface area (Å²) >= 11 is 0.